The van der Waals surface area contributed by atoms with E-state index in [1.165, 1.54) is 12.3 Å². The second kappa shape index (κ2) is 5.45. The van der Waals surface area contributed by atoms with Crippen LogP contribution in [-0.2, 0) is 10.9 Å². The lowest BCUT2D eigenvalue weighted by Crippen LogP contribution is -2.26. The van der Waals surface area contributed by atoms with Crippen molar-refractivity contribution in [1.29, 1.82) is 5.26 Å². The fourth-order valence-corrected chi connectivity index (χ4v) is 1.94. The Morgan fingerprint density at radius 3 is 2.79 bits per heavy atom. The molecule has 0 atom stereocenters. The number of halogens is 3. The number of hydrogen-bond donors (Lipinski definition) is 0. The zero-order chi connectivity index (χ0) is 13.9. The first-order valence-corrected chi connectivity index (χ1v) is 5.82. The highest BCUT2D eigenvalue weighted by Gasteiger charge is 2.35. The SMILES string of the molecule is N#Cc1ncc(N2CCCOCC2)cc1C(F)(F)F. The summed E-state index contributed by atoms with van der Waals surface area (Å²) in [4.78, 5) is 5.39. The standard InChI is InChI=1S/C12H12F3N3O/c13-12(14,15)10-6-9(8-17-11(10)7-16)18-2-1-4-19-5-3-18/h6,8H,1-5H2. The summed E-state index contributed by atoms with van der Waals surface area (Å²) in [6.07, 6.45) is -2.52. The molecule has 1 aromatic heterocycles. The van der Waals surface area contributed by atoms with Crippen LogP contribution >= 0.6 is 0 Å². The monoisotopic (exact) mass is 271 g/mol. The van der Waals surface area contributed by atoms with E-state index in [4.69, 9.17) is 10.00 Å². The van der Waals surface area contributed by atoms with Gasteiger partial charge in [0, 0.05) is 19.7 Å². The van der Waals surface area contributed by atoms with Crippen LogP contribution in [0.5, 0.6) is 0 Å². The van der Waals surface area contributed by atoms with Gasteiger partial charge in [-0.3, -0.25) is 0 Å². The van der Waals surface area contributed by atoms with Gasteiger partial charge in [0.25, 0.3) is 0 Å². The van der Waals surface area contributed by atoms with Gasteiger partial charge in [-0.05, 0) is 12.5 Å². The number of ether oxygens (including phenoxy) is 1. The number of nitriles is 1. The van der Waals surface area contributed by atoms with Crippen LogP contribution in [-0.4, -0.2) is 31.3 Å². The molecule has 0 saturated carbocycles. The Kier molecular flexibility index (Phi) is 3.90. The van der Waals surface area contributed by atoms with E-state index in [1.54, 1.807) is 4.90 Å². The number of rotatable bonds is 1. The Morgan fingerprint density at radius 1 is 1.32 bits per heavy atom. The zero-order valence-corrected chi connectivity index (χ0v) is 10.1. The second-order valence-electron chi connectivity index (χ2n) is 4.15. The van der Waals surface area contributed by atoms with Crippen LogP contribution in [0.4, 0.5) is 18.9 Å². The zero-order valence-electron chi connectivity index (χ0n) is 10.1. The minimum atomic E-state index is -4.57. The Balaban J connectivity index is 2.35. The molecule has 1 aliphatic rings. The molecule has 0 aliphatic carbocycles. The fourth-order valence-electron chi connectivity index (χ4n) is 1.94. The van der Waals surface area contributed by atoms with Crippen LogP contribution in [0.1, 0.15) is 17.7 Å². The maximum atomic E-state index is 12.8. The van der Waals surface area contributed by atoms with E-state index in [1.807, 2.05) is 0 Å². The van der Waals surface area contributed by atoms with Gasteiger partial charge in [0.05, 0.1) is 24.1 Å². The molecule has 19 heavy (non-hydrogen) atoms. The van der Waals surface area contributed by atoms with Crippen molar-refractivity contribution in [2.45, 2.75) is 12.6 Å². The molecular weight excluding hydrogens is 259 g/mol. The Morgan fingerprint density at radius 2 is 2.11 bits per heavy atom. The molecule has 0 radical (unpaired) electrons. The van der Waals surface area contributed by atoms with Gasteiger partial charge < -0.3 is 9.64 Å². The van der Waals surface area contributed by atoms with E-state index < -0.39 is 17.4 Å². The highest BCUT2D eigenvalue weighted by molar-refractivity contribution is 5.50. The normalized spacial score (nSPS) is 16.8. The lowest BCUT2D eigenvalue weighted by Gasteiger charge is -2.22. The summed E-state index contributed by atoms with van der Waals surface area (Å²) in [6.45, 7) is 2.21. The molecular formula is C12H12F3N3O. The van der Waals surface area contributed by atoms with Gasteiger partial charge in [0.2, 0.25) is 0 Å². The van der Waals surface area contributed by atoms with Gasteiger partial charge in [-0.15, -0.1) is 0 Å². The second-order valence-corrected chi connectivity index (χ2v) is 4.15. The lowest BCUT2D eigenvalue weighted by atomic mass is 10.1. The highest BCUT2D eigenvalue weighted by atomic mass is 19.4. The summed E-state index contributed by atoms with van der Waals surface area (Å²) < 4.78 is 43.7. The van der Waals surface area contributed by atoms with Crippen molar-refractivity contribution in [2.75, 3.05) is 31.2 Å². The predicted molar refractivity (Wildman–Crippen MR) is 61.6 cm³/mol. The summed E-state index contributed by atoms with van der Waals surface area (Å²) in [6, 6.07) is 2.45. The van der Waals surface area contributed by atoms with E-state index in [9.17, 15) is 13.2 Å². The number of anilines is 1. The van der Waals surface area contributed by atoms with Crippen molar-refractivity contribution < 1.29 is 17.9 Å². The van der Waals surface area contributed by atoms with E-state index in [-0.39, 0.29) is 0 Å². The van der Waals surface area contributed by atoms with Gasteiger partial charge >= 0.3 is 6.18 Å². The summed E-state index contributed by atoms with van der Waals surface area (Å²) in [5.74, 6) is 0. The molecule has 1 aromatic rings. The number of pyridine rings is 1. The van der Waals surface area contributed by atoms with Crippen molar-refractivity contribution >= 4 is 5.69 Å². The van der Waals surface area contributed by atoms with Crippen molar-refractivity contribution in [3.8, 4) is 6.07 Å². The molecule has 0 aromatic carbocycles. The first kappa shape index (κ1) is 13.6. The molecule has 0 bridgehead atoms. The summed E-state index contributed by atoms with van der Waals surface area (Å²) >= 11 is 0. The van der Waals surface area contributed by atoms with Gasteiger partial charge in [-0.25, -0.2) is 4.98 Å². The van der Waals surface area contributed by atoms with Gasteiger partial charge in [-0.2, -0.15) is 18.4 Å². The molecule has 2 heterocycles. The van der Waals surface area contributed by atoms with Crippen LogP contribution in [0.3, 0.4) is 0 Å². The molecule has 2 rings (SSSR count). The topological polar surface area (TPSA) is 49.2 Å². The third-order valence-corrected chi connectivity index (χ3v) is 2.87. The summed E-state index contributed by atoms with van der Waals surface area (Å²) in [7, 11) is 0. The highest BCUT2D eigenvalue weighted by Crippen LogP contribution is 2.33. The first-order chi connectivity index (χ1) is 9.02. The van der Waals surface area contributed by atoms with Crippen molar-refractivity contribution in [3.63, 3.8) is 0 Å². The Hall–Kier alpha value is -1.81. The molecule has 1 fully saturated rings. The third kappa shape index (κ3) is 3.15. The quantitative estimate of drug-likeness (QED) is 0.785. The lowest BCUT2D eigenvalue weighted by molar-refractivity contribution is -0.138. The Labute approximate surface area is 108 Å². The van der Waals surface area contributed by atoms with Gasteiger partial charge in [-0.1, -0.05) is 0 Å². The van der Waals surface area contributed by atoms with Crippen LogP contribution in [0.2, 0.25) is 0 Å². The minimum Gasteiger partial charge on any atom is -0.380 e. The minimum absolute atomic E-state index is 0.372. The van der Waals surface area contributed by atoms with E-state index in [0.717, 1.165) is 12.5 Å². The number of nitrogens with zero attached hydrogens (tertiary/aromatic N) is 3. The number of alkyl halides is 3. The predicted octanol–water partition coefficient (Wildman–Crippen LogP) is 2.20. The average molecular weight is 271 g/mol. The van der Waals surface area contributed by atoms with E-state index in [2.05, 4.69) is 4.98 Å². The summed E-state index contributed by atoms with van der Waals surface area (Å²) in [5.41, 5.74) is -1.21. The van der Waals surface area contributed by atoms with Crippen LogP contribution in [0.25, 0.3) is 0 Å². The van der Waals surface area contributed by atoms with Gasteiger partial charge in [0.15, 0.2) is 5.69 Å². The molecule has 1 aliphatic heterocycles. The van der Waals surface area contributed by atoms with Gasteiger partial charge in [0.1, 0.15) is 6.07 Å². The van der Waals surface area contributed by atoms with Crippen molar-refractivity contribution in [1.82, 2.24) is 4.98 Å². The third-order valence-electron chi connectivity index (χ3n) is 2.87. The van der Waals surface area contributed by atoms with Crippen LogP contribution in [0.15, 0.2) is 12.3 Å². The molecule has 1 saturated heterocycles. The first-order valence-electron chi connectivity index (χ1n) is 5.82. The molecule has 0 amide bonds. The number of aromatic nitrogens is 1. The van der Waals surface area contributed by atoms with Crippen molar-refractivity contribution in [3.05, 3.63) is 23.5 Å². The van der Waals surface area contributed by atoms with Crippen LogP contribution < -0.4 is 4.90 Å². The summed E-state index contributed by atoms with van der Waals surface area (Å²) in [5, 5.41) is 8.68. The maximum absolute atomic E-state index is 12.8. The van der Waals surface area contributed by atoms with E-state index >= 15 is 0 Å². The number of hydrogen-bond acceptors (Lipinski definition) is 4. The maximum Gasteiger partial charge on any atom is 0.419 e. The molecule has 0 spiro atoms. The molecule has 0 unspecified atom stereocenters. The smallest absolute Gasteiger partial charge is 0.380 e. The molecule has 4 nitrogen and oxygen atoms in total. The molecule has 7 heteroatoms. The molecule has 0 N–H and O–H groups in total. The fraction of sp³-hybridized carbons (Fsp3) is 0.500. The molecule has 102 valence electrons. The Bertz CT molecular complexity index is 488. The van der Waals surface area contributed by atoms with E-state index in [0.29, 0.717) is 32.0 Å². The van der Waals surface area contributed by atoms with Crippen molar-refractivity contribution in [2.24, 2.45) is 0 Å². The average Bonchev–Trinajstić information content (AvgIpc) is 2.66. The van der Waals surface area contributed by atoms with Crippen LogP contribution in [0, 0.1) is 11.3 Å². The largest absolute Gasteiger partial charge is 0.419 e.